The predicted octanol–water partition coefficient (Wildman–Crippen LogP) is 1.91. The lowest BCUT2D eigenvalue weighted by molar-refractivity contribution is -0.138. The van der Waals surface area contributed by atoms with Crippen molar-refractivity contribution in [3.05, 3.63) is 5.01 Å². The zero-order valence-corrected chi connectivity index (χ0v) is 12.6. The van der Waals surface area contributed by atoms with Crippen LogP contribution in [0.3, 0.4) is 0 Å². The van der Waals surface area contributed by atoms with E-state index in [9.17, 15) is 26.3 Å². The maximum atomic E-state index is 12.7. The molecule has 0 radical (unpaired) electrons. The van der Waals surface area contributed by atoms with E-state index in [1.165, 1.54) is 4.90 Å². The van der Waals surface area contributed by atoms with Gasteiger partial charge in [0.2, 0.25) is 10.1 Å². The standard InChI is InChI=1S/C9H8F6N6S2/c10-8(11,12)4-17-18-7(23-4)20-1-3-2-22-5(9(13,14)15)19-21(3)6(20)16/h3,6H,1-2,16H2. The van der Waals surface area contributed by atoms with Crippen molar-refractivity contribution in [1.82, 2.24) is 15.2 Å². The molecule has 0 amide bonds. The number of nitrogens with zero attached hydrogens (tertiary/aromatic N) is 5. The van der Waals surface area contributed by atoms with Crippen LogP contribution in [0.25, 0.3) is 0 Å². The van der Waals surface area contributed by atoms with Gasteiger partial charge >= 0.3 is 12.4 Å². The van der Waals surface area contributed by atoms with E-state index in [0.29, 0.717) is 11.8 Å². The molecule has 1 fully saturated rings. The maximum absolute atomic E-state index is 12.7. The van der Waals surface area contributed by atoms with Crippen molar-refractivity contribution in [2.24, 2.45) is 10.8 Å². The first-order valence-corrected chi connectivity index (χ1v) is 7.87. The molecule has 2 atom stereocenters. The minimum atomic E-state index is -4.63. The Kier molecular flexibility index (Phi) is 3.87. The van der Waals surface area contributed by atoms with Gasteiger partial charge in [0.25, 0.3) is 0 Å². The molecule has 1 saturated heterocycles. The van der Waals surface area contributed by atoms with Gasteiger partial charge in [0.1, 0.15) is 0 Å². The van der Waals surface area contributed by atoms with Gasteiger partial charge in [-0.1, -0.05) is 23.1 Å². The van der Waals surface area contributed by atoms with Gasteiger partial charge in [-0.05, 0) is 0 Å². The molecular formula is C9H8F6N6S2. The molecule has 128 valence electrons. The van der Waals surface area contributed by atoms with E-state index in [0.717, 1.165) is 5.01 Å². The monoisotopic (exact) mass is 378 g/mol. The highest BCUT2D eigenvalue weighted by atomic mass is 32.2. The van der Waals surface area contributed by atoms with Crippen LogP contribution in [0.2, 0.25) is 0 Å². The quantitative estimate of drug-likeness (QED) is 0.753. The molecule has 1 aromatic heterocycles. The number of rotatable bonds is 1. The molecule has 2 unspecified atom stereocenters. The molecule has 6 nitrogen and oxygen atoms in total. The van der Waals surface area contributed by atoms with Crippen molar-refractivity contribution < 1.29 is 26.3 Å². The number of thioether (sulfide) groups is 1. The molecule has 3 heterocycles. The van der Waals surface area contributed by atoms with Gasteiger partial charge < -0.3 is 4.90 Å². The predicted molar refractivity (Wildman–Crippen MR) is 71.8 cm³/mol. The molecule has 3 rings (SSSR count). The van der Waals surface area contributed by atoms with Crippen molar-refractivity contribution in [3.8, 4) is 0 Å². The number of hydrogen-bond acceptors (Lipinski definition) is 8. The van der Waals surface area contributed by atoms with Gasteiger partial charge in [0.15, 0.2) is 11.3 Å². The normalized spacial score (nSPS) is 25.6. The lowest BCUT2D eigenvalue weighted by Gasteiger charge is -2.29. The molecule has 0 aliphatic carbocycles. The fourth-order valence-electron chi connectivity index (χ4n) is 2.13. The second kappa shape index (κ2) is 5.37. The Morgan fingerprint density at radius 3 is 2.35 bits per heavy atom. The second-order valence-electron chi connectivity index (χ2n) is 4.70. The van der Waals surface area contributed by atoms with Gasteiger partial charge in [0, 0.05) is 12.3 Å². The minimum absolute atomic E-state index is 0.0769. The summed E-state index contributed by atoms with van der Waals surface area (Å²) in [5.74, 6) is 0.0769. The van der Waals surface area contributed by atoms with Gasteiger partial charge in [0.05, 0.1) is 6.04 Å². The zero-order chi connectivity index (χ0) is 17.0. The van der Waals surface area contributed by atoms with Crippen LogP contribution in [0.15, 0.2) is 5.10 Å². The lowest BCUT2D eigenvalue weighted by atomic mass is 10.3. The minimum Gasteiger partial charge on any atom is -0.310 e. The summed E-state index contributed by atoms with van der Waals surface area (Å²) in [5.41, 5.74) is 5.82. The summed E-state index contributed by atoms with van der Waals surface area (Å²) in [5, 5.41) is 8.74. The lowest BCUT2D eigenvalue weighted by Crippen LogP contribution is -2.47. The number of hydrogen-bond donors (Lipinski definition) is 1. The first-order chi connectivity index (χ1) is 10.6. The molecule has 0 bridgehead atoms. The summed E-state index contributed by atoms with van der Waals surface area (Å²) in [6, 6.07) is -0.445. The smallest absolute Gasteiger partial charge is 0.310 e. The Labute approximate surface area is 133 Å². The average molecular weight is 378 g/mol. The van der Waals surface area contributed by atoms with Crippen molar-refractivity contribution in [1.29, 1.82) is 0 Å². The topological polar surface area (TPSA) is 70.6 Å². The highest BCUT2D eigenvalue weighted by molar-refractivity contribution is 8.14. The van der Waals surface area contributed by atoms with Gasteiger partial charge in [-0.25, -0.2) is 0 Å². The van der Waals surface area contributed by atoms with Crippen LogP contribution in [-0.4, -0.2) is 51.1 Å². The van der Waals surface area contributed by atoms with E-state index in [1.54, 1.807) is 0 Å². The highest BCUT2D eigenvalue weighted by Gasteiger charge is 2.47. The fourth-order valence-corrected chi connectivity index (χ4v) is 3.81. The third-order valence-corrected chi connectivity index (χ3v) is 5.28. The number of halogens is 6. The molecule has 2 aliphatic rings. The van der Waals surface area contributed by atoms with Gasteiger partial charge in [-0.15, -0.1) is 10.2 Å². The Morgan fingerprint density at radius 2 is 1.78 bits per heavy atom. The van der Waals surface area contributed by atoms with E-state index in [4.69, 9.17) is 5.73 Å². The number of aromatic nitrogens is 2. The van der Waals surface area contributed by atoms with E-state index < -0.39 is 34.7 Å². The third kappa shape index (κ3) is 3.06. The van der Waals surface area contributed by atoms with Crippen molar-refractivity contribution >= 4 is 33.3 Å². The summed E-state index contributed by atoms with van der Waals surface area (Å²) in [4.78, 5) is 1.26. The first kappa shape index (κ1) is 16.6. The number of anilines is 1. The molecule has 1 aromatic rings. The van der Waals surface area contributed by atoms with E-state index in [2.05, 4.69) is 15.3 Å². The molecule has 23 heavy (non-hydrogen) atoms. The Balaban J connectivity index is 1.83. The van der Waals surface area contributed by atoms with Crippen molar-refractivity contribution in [2.45, 2.75) is 24.7 Å². The summed E-state index contributed by atoms with van der Waals surface area (Å²) < 4.78 is 75.8. The molecule has 0 aromatic carbocycles. The second-order valence-corrected chi connectivity index (χ2v) is 6.67. The van der Waals surface area contributed by atoms with Gasteiger partial charge in [-0.3, -0.25) is 10.7 Å². The summed E-state index contributed by atoms with van der Waals surface area (Å²) >= 11 is 0.831. The molecular weight excluding hydrogens is 370 g/mol. The molecule has 2 aliphatic heterocycles. The molecule has 2 N–H and O–H groups in total. The van der Waals surface area contributed by atoms with Gasteiger partial charge in [-0.2, -0.15) is 31.4 Å². The third-order valence-electron chi connectivity index (χ3n) is 3.14. The fraction of sp³-hybridized carbons (Fsp3) is 0.667. The number of hydrazone groups is 1. The summed E-state index contributed by atoms with van der Waals surface area (Å²) in [7, 11) is 0. The number of fused-ring (bicyclic) bond motifs is 1. The molecule has 14 heteroatoms. The zero-order valence-electron chi connectivity index (χ0n) is 11.0. The van der Waals surface area contributed by atoms with E-state index >= 15 is 0 Å². The number of nitrogens with two attached hydrogens (primary N) is 1. The largest absolute Gasteiger partial charge is 0.445 e. The van der Waals surface area contributed by atoms with Crippen LogP contribution < -0.4 is 10.6 Å². The SMILES string of the molecule is NC1N(c2nnc(C(F)(F)F)s2)CC2CSC(C(F)(F)F)=NN21. The van der Waals surface area contributed by atoms with Crippen LogP contribution in [0, 0.1) is 0 Å². The van der Waals surface area contributed by atoms with Crippen molar-refractivity contribution in [3.63, 3.8) is 0 Å². The molecule has 0 spiro atoms. The molecule has 0 saturated carbocycles. The summed E-state index contributed by atoms with van der Waals surface area (Å²) in [6.07, 6.45) is -10.4. The number of alkyl halides is 6. The summed E-state index contributed by atoms with van der Waals surface area (Å²) in [6.45, 7) is 0.120. The Morgan fingerprint density at radius 1 is 1.09 bits per heavy atom. The Bertz CT molecular complexity index is 627. The highest BCUT2D eigenvalue weighted by Crippen LogP contribution is 2.38. The van der Waals surface area contributed by atoms with Crippen LogP contribution >= 0.6 is 23.1 Å². The average Bonchev–Trinajstić information content (AvgIpc) is 3.02. The van der Waals surface area contributed by atoms with Crippen molar-refractivity contribution in [2.75, 3.05) is 17.2 Å². The van der Waals surface area contributed by atoms with Crippen LogP contribution in [0.4, 0.5) is 31.5 Å². The maximum Gasteiger partial charge on any atom is 0.445 e. The Hall–Kier alpha value is -1.28. The first-order valence-electron chi connectivity index (χ1n) is 6.07. The van der Waals surface area contributed by atoms with E-state index in [-0.39, 0.29) is 28.8 Å². The van der Waals surface area contributed by atoms with E-state index in [1.807, 2.05) is 0 Å². The van der Waals surface area contributed by atoms with Crippen LogP contribution in [0.1, 0.15) is 5.01 Å². The van der Waals surface area contributed by atoms with Crippen LogP contribution in [-0.2, 0) is 6.18 Å². The van der Waals surface area contributed by atoms with Crippen LogP contribution in [0.5, 0.6) is 0 Å².